The Morgan fingerprint density at radius 2 is 2.16 bits per heavy atom. The van der Waals surface area contributed by atoms with E-state index < -0.39 is 0 Å². The third-order valence-electron chi connectivity index (χ3n) is 3.72. The topological polar surface area (TPSA) is 15.3 Å². The maximum absolute atomic E-state index is 13.3. The molecule has 0 bridgehead atoms. The second-order valence-electron chi connectivity index (χ2n) is 6.30. The normalized spacial score (nSPS) is 21.6. The second kappa shape index (κ2) is 5.90. The highest BCUT2D eigenvalue weighted by atomic mass is 79.9. The van der Waals surface area contributed by atoms with Crippen LogP contribution in [0.4, 0.5) is 4.39 Å². The van der Waals surface area contributed by atoms with Crippen molar-refractivity contribution in [1.82, 2.24) is 10.2 Å². The summed E-state index contributed by atoms with van der Waals surface area (Å²) in [4.78, 5) is 2.50. The van der Waals surface area contributed by atoms with Crippen LogP contribution in [0, 0.1) is 11.2 Å². The van der Waals surface area contributed by atoms with E-state index in [-0.39, 0.29) is 11.2 Å². The van der Waals surface area contributed by atoms with Crippen LogP contribution in [0.5, 0.6) is 0 Å². The minimum atomic E-state index is -0.198. The number of hydrogen-bond donors (Lipinski definition) is 1. The standard InChI is InChI=1S/C15H22BrFN2/c1-15(2,3)14-9-18-6-7-19(14)10-11-4-5-13(17)12(16)8-11/h4-5,8,14,18H,6-7,9-10H2,1-3H3. The molecular weight excluding hydrogens is 307 g/mol. The summed E-state index contributed by atoms with van der Waals surface area (Å²) in [6, 6.07) is 5.80. The van der Waals surface area contributed by atoms with Gasteiger partial charge in [-0.05, 0) is 39.0 Å². The van der Waals surface area contributed by atoms with Crippen LogP contribution < -0.4 is 5.32 Å². The molecule has 1 aliphatic rings. The van der Waals surface area contributed by atoms with Crippen molar-refractivity contribution in [2.45, 2.75) is 33.4 Å². The SMILES string of the molecule is CC(C)(C)C1CNCCN1Cc1ccc(F)c(Br)c1. The smallest absolute Gasteiger partial charge is 0.137 e. The van der Waals surface area contributed by atoms with Crippen molar-refractivity contribution in [3.63, 3.8) is 0 Å². The molecule has 1 aromatic rings. The molecule has 0 amide bonds. The van der Waals surface area contributed by atoms with Crippen molar-refractivity contribution in [3.8, 4) is 0 Å². The summed E-state index contributed by atoms with van der Waals surface area (Å²) in [5, 5.41) is 3.47. The van der Waals surface area contributed by atoms with Gasteiger partial charge in [0, 0.05) is 32.2 Å². The third kappa shape index (κ3) is 3.77. The van der Waals surface area contributed by atoms with E-state index in [0.29, 0.717) is 10.5 Å². The number of hydrogen-bond acceptors (Lipinski definition) is 2. The third-order valence-corrected chi connectivity index (χ3v) is 4.33. The Labute approximate surface area is 123 Å². The largest absolute Gasteiger partial charge is 0.314 e. The molecule has 0 radical (unpaired) electrons. The van der Waals surface area contributed by atoms with Crippen molar-refractivity contribution >= 4 is 15.9 Å². The molecule has 1 fully saturated rings. The molecule has 1 heterocycles. The predicted octanol–water partition coefficient (Wildman–Crippen LogP) is 3.41. The monoisotopic (exact) mass is 328 g/mol. The number of rotatable bonds is 2. The van der Waals surface area contributed by atoms with Crippen LogP contribution in [-0.2, 0) is 6.54 Å². The van der Waals surface area contributed by atoms with Crippen LogP contribution in [-0.4, -0.2) is 30.6 Å². The molecule has 19 heavy (non-hydrogen) atoms. The fraction of sp³-hybridized carbons (Fsp3) is 0.600. The van der Waals surface area contributed by atoms with Crippen molar-refractivity contribution in [2.75, 3.05) is 19.6 Å². The number of nitrogens with zero attached hydrogens (tertiary/aromatic N) is 1. The van der Waals surface area contributed by atoms with Crippen LogP contribution in [0.1, 0.15) is 26.3 Å². The molecule has 0 spiro atoms. The highest BCUT2D eigenvalue weighted by molar-refractivity contribution is 9.10. The number of halogens is 2. The van der Waals surface area contributed by atoms with E-state index in [0.717, 1.165) is 31.7 Å². The fourth-order valence-electron chi connectivity index (χ4n) is 2.66. The van der Waals surface area contributed by atoms with Crippen LogP contribution in [0.2, 0.25) is 0 Å². The zero-order valence-corrected chi connectivity index (χ0v) is 13.4. The van der Waals surface area contributed by atoms with Gasteiger partial charge in [0.1, 0.15) is 5.82 Å². The van der Waals surface area contributed by atoms with E-state index in [1.54, 1.807) is 0 Å². The quantitative estimate of drug-likeness (QED) is 0.895. The van der Waals surface area contributed by atoms with Gasteiger partial charge in [-0.2, -0.15) is 0 Å². The molecule has 0 aliphatic carbocycles. The van der Waals surface area contributed by atoms with Gasteiger partial charge in [-0.15, -0.1) is 0 Å². The second-order valence-corrected chi connectivity index (χ2v) is 7.16. The van der Waals surface area contributed by atoms with Crippen LogP contribution in [0.25, 0.3) is 0 Å². The van der Waals surface area contributed by atoms with Crippen LogP contribution in [0.15, 0.2) is 22.7 Å². The summed E-state index contributed by atoms with van der Waals surface area (Å²) >= 11 is 3.26. The molecule has 1 saturated heterocycles. The molecule has 2 nitrogen and oxygen atoms in total. The molecular formula is C15H22BrFN2. The Balaban J connectivity index is 2.13. The van der Waals surface area contributed by atoms with Crippen molar-refractivity contribution in [1.29, 1.82) is 0 Å². The van der Waals surface area contributed by atoms with Crippen molar-refractivity contribution < 1.29 is 4.39 Å². The zero-order chi connectivity index (χ0) is 14.0. The Bertz CT molecular complexity index is 442. The van der Waals surface area contributed by atoms with Gasteiger partial charge in [-0.3, -0.25) is 4.90 Å². The minimum absolute atomic E-state index is 0.198. The highest BCUT2D eigenvalue weighted by Crippen LogP contribution is 2.27. The molecule has 0 aromatic heterocycles. The summed E-state index contributed by atoms with van der Waals surface area (Å²) in [5.41, 5.74) is 1.40. The lowest BCUT2D eigenvalue weighted by Gasteiger charge is -2.43. The summed E-state index contributed by atoms with van der Waals surface area (Å²) < 4.78 is 13.8. The lowest BCUT2D eigenvalue weighted by molar-refractivity contribution is 0.0689. The summed E-state index contributed by atoms with van der Waals surface area (Å²) in [6.07, 6.45) is 0. The molecule has 1 N–H and O–H groups in total. The number of piperazine rings is 1. The average Bonchev–Trinajstić information content (AvgIpc) is 2.33. The van der Waals surface area contributed by atoms with E-state index in [2.05, 4.69) is 46.9 Å². The van der Waals surface area contributed by atoms with E-state index >= 15 is 0 Å². The van der Waals surface area contributed by atoms with Crippen molar-refractivity contribution in [2.24, 2.45) is 5.41 Å². The van der Waals surface area contributed by atoms with Gasteiger partial charge in [-0.1, -0.05) is 26.8 Å². The first-order valence-electron chi connectivity index (χ1n) is 6.76. The van der Waals surface area contributed by atoms with Gasteiger partial charge >= 0.3 is 0 Å². The average molecular weight is 329 g/mol. The zero-order valence-electron chi connectivity index (χ0n) is 11.8. The van der Waals surface area contributed by atoms with Gasteiger partial charge in [0.15, 0.2) is 0 Å². The van der Waals surface area contributed by atoms with E-state index in [4.69, 9.17) is 0 Å². The van der Waals surface area contributed by atoms with E-state index in [1.807, 2.05) is 12.1 Å². The lowest BCUT2D eigenvalue weighted by Crippen LogP contribution is -2.56. The van der Waals surface area contributed by atoms with Gasteiger partial charge in [-0.25, -0.2) is 4.39 Å². The minimum Gasteiger partial charge on any atom is -0.314 e. The Morgan fingerprint density at radius 3 is 2.79 bits per heavy atom. The first-order valence-corrected chi connectivity index (χ1v) is 7.56. The maximum atomic E-state index is 13.3. The van der Waals surface area contributed by atoms with E-state index in [9.17, 15) is 4.39 Å². The molecule has 1 unspecified atom stereocenters. The Morgan fingerprint density at radius 1 is 1.42 bits per heavy atom. The van der Waals surface area contributed by atoms with Crippen molar-refractivity contribution in [3.05, 3.63) is 34.1 Å². The summed E-state index contributed by atoms with van der Waals surface area (Å²) in [7, 11) is 0. The number of benzene rings is 1. The lowest BCUT2D eigenvalue weighted by atomic mass is 9.84. The molecule has 1 aliphatic heterocycles. The number of nitrogens with one attached hydrogen (secondary N) is 1. The first kappa shape index (κ1) is 14.9. The van der Waals surface area contributed by atoms with Gasteiger partial charge in [0.25, 0.3) is 0 Å². The molecule has 106 valence electrons. The predicted molar refractivity (Wildman–Crippen MR) is 80.6 cm³/mol. The van der Waals surface area contributed by atoms with Crippen LogP contribution in [0.3, 0.4) is 0 Å². The molecule has 4 heteroatoms. The van der Waals surface area contributed by atoms with E-state index in [1.165, 1.54) is 6.07 Å². The maximum Gasteiger partial charge on any atom is 0.137 e. The summed E-state index contributed by atoms with van der Waals surface area (Å²) in [6.45, 7) is 10.8. The molecule has 1 atom stereocenters. The van der Waals surface area contributed by atoms with Gasteiger partial charge < -0.3 is 5.32 Å². The van der Waals surface area contributed by atoms with Gasteiger partial charge in [0.05, 0.1) is 4.47 Å². The molecule has 2 rings (SSSR count). The Hall–Kier alpha value is -0.450. The fourth-order valence-corrected chi connectivity index (χ4v) is 3.09. The van der Waals surface area contributed by atoms with Gasteiger partial charge in [0.2, 0.25) is 0 Å². The molecule has 1 aromatic carbocycles. The summed E-state index contributed by atoms with van der Waals surface area (Å²) in [5.74, 6) is -0.198. The molecule has 0 saturated carbocycles. The highest BCUT2D eigenvalue weighted by Gasteiger charge is 2.32. The first-order chi connectivity index (χ1) is 8.88. The Kier molecular flexibility index (Phi) is 4.64. The van der Waals surface area contributed by atoms with Crippen LogP contribution >= 0.6 is 15.9 Å².